The number of benzene rings is 1. The minimum atomic E-state index is -0.477. The van der Waals surface area contributed by atoms with Crippen LogP contribution in [0.15, 0.2) is 47.4 Å². The van der Waals surface area contributed by atoms with Crippen LogP contribution in [0.4, 0.5) is 5.69 Å². The van der Waals surface area contributed by atoms with Crippen LogP contribution in [0.3, 0.4) is 0 Å². The first-order valence-corrected chi connectivity index (χ1v) is 11.7. The molecule has 1 unspecified atom stereocenters. The van der Waals surface area contributed by atoms with Crippen LogP contribution in [-0.4, -0.2) is 52.0 Å². The van der Waals surface area contributed by atoms with Gasteiger partial charge in [-0.25, -0.2) is 0 Å². The molecule has 9 nitrogen and oxygen atoms in total. The smallest absolute Gasteiger partial charge is 0.275 e. The number of fused-ring (bicyclic) bond motifs is 5. The molecule has 0 saturated carbocycles. The lowest BCUT2D eigenvalue weighted by Gasteiger charge is -2.43. The lowest BCUT2D eigenvalue weighted by atomic mass is 9.83. The number of ether oxygens (including phenoxy) is 1. The Bertz CT molecular complexity index is 1260. The molecule has 1 aromatic carbocycles. The van der Waals surface area contributed by atoms with Crippen LogP contribution < -0.4 is 10.8 Å². The molecule has 1 N–H and O–H groups in total. The molecule has 180 valence electrons. The summed E-state index contributed by atoms with van der Waals surface area (Å²) >= 11 is 0. The van der Waals surface area contributed by atoms with Gasteiger partial charge < -0.3 is 29.2 Å². The zero-order valence-corrected chi connectivity index (χ0v) is 19.2. The van der Waals surface area contributed by atoms with Crippen LogP contribution in [0.2, 0.25) is 0 Å². The first-order chi connectivity index (χ1) is 16.5. The van der Waals surface area contributed by atoms with Crippen molar-refractivity contribution in [1.82, 2.24) is 14.0 Å². The van der Waals surface area contributed by atoms with Crippen molar-refractivity contribution in [1.29, 1.82) is 0 Å². The van der Waals surface area contributed by atoms with Crippen LogP contribution in [0.25, 0.3) is 10.9 Å². The number of piperidine rings is 1. The van der Waals surface area contributed by atoms with Gasteiger partial charge >= 0.3 is 0 Å². The first kappa shape index (κ1) is 22.6. The second kappa shape index (κ2) is 9.25. The molecule has 2 atom stereocenters. The van der Waals surface area contributed by atoms with Gasteiger partial charge in [0.05, 0.1) is 6.61 Å². The molecule has 2 aliphatic rings. The summed E-state index contributed by atoms with van der Waals surface area (Å²) in [5.74, 6) is 0.322. The van der Waals surface area contributed by atoms with E-state index in [-0.39, 0.29) is 28.7 Å². The summed E-state index contributed by atoms with van der Waals surface area (Å²) in [6.45, 7) is 3.00. The Morgan fingerprint density at radius 3 is 2.82 bits per heavy atom. The molecule has 2 aliphatic heterocycles. The summed E-state index contributed by atoms with van der Waals surface area (Å²) in [4.78, 5) is 27.7. The van der Waals surface area contributed by atoms with Crippen molar-refractivity contribution in [2.24, 2.45) is 5.92 Å². The molecular weight excluding hydrogens is 436 g/mol. The van der Waals surface area contributed by atoms with E-state index in [1.807, 2.05) is 17.0 Å². The molecule has 4 heterocycles. The van der Waals surface area contributed by atoms with Crippen molar-refractivity contribution in [2.75, 3.05) is 32.0 Å². The van der Waals surface area contributed by atoms with Crippen LogP contribution in [0, 0.1) is 11.1 Å². The number of pyridine rings is 1. The van der Waals surface area contributed by atoms with Gasteiger partial charge in [-0.2, -0.15) is 0 Å². The van der Waals surface area contributed by atoms with Crippen molar-refractivity contribution < 1.29 is 14.7 Å². The minimum absolute atomic E-state index is 0.0490. The zero-order chi connectivity index (χ0) is 23.8. The van der Waals surface area contributed by atoms with E-state index in [4.69, 9.17) is 4.74 Å². The summed E-state index contributed by atoms with van der Waals surface area (Å²) in [6.07, 6.45) is 4.14. The minimum Gasteiger partial charge on any atom is -0.733 e. The third kappa shape index (κ3) is 4.11. The summed E-state index contributed by atoms with van der Waals surface area (Å²) in [5, 5.41) is 21.2. The Labute approximate surface area is 197 Å². The summed E-state index contributed by atoms with van der Waals surface area (Å²) in [7, 11) is 1.69. The maximum Gasteiger partial charge on any atom is 0.275 e. The highest BCUT2D eigenvalue weighted by Gasteiger charge is 2.36. The van der Waals surface area contributed by atoms with E-state index in [1.165, 1.54) is 11.5 Å². The third-order valence-corrected chi connectivity index (χ3v) is 7.16. The maximum absolute atomic E-state index is 13.2. The fourth-order valence-electron chi connectivity index (χ4n) is 5.58. The number of likely N-dealkylation sites (tertiary alicyclic amines) is 1. The van der Waals surface area contributed by atoms with E-state index in [2.05, 4.69) is 22.9 Å². The molecule has 9 heteroatoms. The van der Waals surface area contributed by atoms with Crippen LogP contribution in [-0.2, 0) is 29.0 Å². The summed E-state index contributed by atoms with van der Waals surface area (Å²) in [6, 6.07) is 11.3. The number of carbonyl (C=O) groups excluding carboxylic acids is 1. The summed E-state index contributed by atoms with van der Waals surface area (Å²) < 4.78 is 9.01. The van der Waals surface area contributed by atoms with E-state index < -0.39 is 5.56 Å². The average Bonchev–Trinajstić information content (AvgIpc) is 3.19. The van der Waals surface area contributed by atoms with Crippen molar-refractivity contribution >= 4 is 22.5 Å². The largest absolute Gasteiger partial charge is 0.733 e. The van der Waals surface area contributed by atoms with Gasteiger partial charge in [-0.1, -0.05) is 18.2 Å². The second-order valence-corrected chi connectivity index (χ2v) is 9.29. The number of anilines is 1. The van der Waals surface area contributed by atoms with Crippen LogP contribution in [0.1, 0.15) is 30.0 Å². The van der Waals surface area contributed by atoms with E-state index in [0.717, 1.165) is 29.7 Å². The third-order valence-electron chi connectivity index (χ3n) is 7.16. The average molecular weight is 466 g/mol. The molecular formula is C25H29N4O5-. The Hall–Kier alpha value is -3.14. The Kier molecular flexibility index (Phi) is 6.16. The predicted molar refractivity (Wildman–Crippen MR) is 128 cm³/mol. The number of para-hydroxylation sites is 1. The number of carbonyl (C=O) groups is 1. The Morgan fingerprint density at radius 1 is 1.21 bits per heavy atom. The fourth-order valence-corrected chi connectivity index (χ4v) is 5.58. The lowest BCUT2D eigenvalue weighted by Crippen LogP contribution is -2.49. The number of aromatic nitrogens is 2. The van der Waals surface area contributed by atoms with Gasteiger partial charge in [0.1, 0.15) is 5.69 Å². The Balaban J connectivity index is 1.30. The predicted octanol–water partition coefficient (Wildman–Crippen LogP) is 2.72. The van der Waals surface area contributed by atoms with E-state index in [0.29, 0.717) is 39.1 Å². The normalized spacial score (nSPS) is 19.3. The monoisotopic (exact) mass is 465 g/mol. The van der Waals surface area contributed by atoms with Crippen LogP contribution in [0.5, 0.6) is 0 Å². The molecule has 0 aliphatic carbocycles. The van der Waals surface area contributed by atoms with Gasteiger partial charge in [0.25, 0.3) is 5.56 Å². The molecule has 2 aromatic heterocycles. The molecule has 2 bridgehead atoms. The highest BCUT2D eigenvalue weighted by molar-refractivity contribution is 5.85. The quantitative estimate of drug-likeness (QED) is 0.538. The lowest BCUT2D eigenvalue weighted by molar-refractivity contribution is -0.133. The van der Waals surface area contributed by atoms with E-state index in [1.54, 1.807) is 17.7 Å². The molecule has 0 radical (unpaired) electrons. The number of methoxy groups -OCH3 is 1. The standard InChI is InChI=1S/C25H29N4O5/c1-34-11-10-26-15-18(20-4-2-3-5-22(20)26)6-9-24(30)27-13-17-12-19(16-27)21-7-8-23(29(32)33)25(31)28(21)14-17/h2-5,7-8,15,17,19,32H,6,9-14,16H2,1H3/q-1/t17-,19?/m0/s1. The Morgan fingerprint density at radius 2 is 2.03 bits per heavy atom. The van der Waals surface area contributed by atoms with Crippen LogP contribution >= 0.6 is 0 Å². The fraction of sp³-hybridized carbons (Fsp3) is 0.440. The van der Waals surface area contributed by atoms with E-state index >= 15 is 0 Å². The first-order valence-electron chi connectivity index (χ1n) is 11.7. The van der Waals surface area contributed by atoms with E-state index in [9.17, 15) is 20.0 Å². The van der Waals surface area contributed by atoms with Gasteiger partial charge in [-0.3, -0.25) is 14.8 Å². The van der Waals surface area contributed by atoms with Gasteiger partial charge in [-0.05, 0) is 42.5 Å². The molecule has 5 rings (SSSR count). The maximum atomic E-state index is 13.2. The van der Waals surface area contributed by atoms with Gasteiger partial charge in [0.2, 0.25) is 5.91 Å². The number of nitrogens with zero attached hydrogens (tertiary/aromatic N) is 4. The second-order valence-electron chi connectivity index (χ2n) is 9.29. The number of rotatable bonds is 7. The van der Waals surface area contributed by atoms with Gasteiger partial charge in [-0.15, -0.1) is 0 Å². The number of aryl methyl sites for hydroxylation is 1. The highest BCUT2D eigenvalue weighted by atomic mass is 16.8. The number of hydrogen-bond acceptors (Lipinski definition) is 6. The molecule has 34 heavy (non-hydrogen) atoms. The molecule has 1 fully saturated rings. The number of amides is 1. The van der Waals surface area contributed by atoms with Crippen molar-refractivity contribution in [2.45, 2.75) is 38.3 Å². The highest BCUT2D eigenvalue weighted by Crippen LogP contribution is 2.36. The molecule has 3 aromatic rings. The molecule has 1 saturated heterocycles. The summed E-state index contributed by atoms with van der Waals surface area (Å²) in [5.41, 5.74) is 2.38. The topological polar surface area (TPSA) is 103 Å². The molecule has 0 spiro atoms. The van der Waals surface area contributed by atoms with Crippen molar-refractivity contribution in [3.63, 3.8) is 0 Å². The van der Waals surface area contributed by atoms with Crippen molar-refractivity contribution in [3.05, 3.63) is 69.4 Å². The molecule has 1 amide bonds. The zero-order valence-electron chi connectivity index (χ0n) is 19.2. The van der Waals surface area contributed by atoms with Gasteiger partial charge in [0, 0.05) is 68.4 Å². The van der Waals surface area contributed by atoms with Gasteiger partial charge in [0.15, 0.2) is 0 Å². The SMILES string of the molecule is COCCn1cc(CCC(=O)N2CC3C[C@@H](C2)Cn2c3ccc(N([O-])O)c2=O)c2ccccc21. The van der Waals surface area contributed by atoms with Crippen molar-refractivity contribution in [3.8, 4) is 0 Å². The number of hydrogen-bond donors (Lipinski definition) is 1.